The van der Waals surface area contributed by atoms with E-state index >= 15 is 0 Å². The second kappa shape index (κ2) is 14.7. The topological polar surface area (TPSA) is 125 Å². The van der Waals surface area contributed by atoms with Gasteiger partial charge in [-0.05, 0) is 74.4 Å². The summed E-state index contributed by atoms with van der Waals surface area (Å²) in [6.45, 7) is 4.35. The van der Waals surface area contributed by atoms with Crippen LogP contribution in [0.2, 0.25) is 0 Å². The lowest BCUT2D eigenvalue weighted by molar-refractivity contribution is -0.139. The van der Waals surface area contributed by atoms with Crippen LogP contribution in [0.4, 0.5) is 4.39 Å². The van der Waals surface area contributed by atoms with Gasteiger partial charge in [-0.3, -0.25) is 14.6 Å². The van der Waals surface area contributed by atoms with E-state index in [2.05, 4.69) is 10.3 Å². The number of hydrogen-bond donors (Lipinski definition) is 4. The number of carboxylic acids is 1. The summed E-state index contributed by atoms with van der Waals surface area (Å²) in [5.74, 6) is -1.78. The zero-order valence-electron chi connectivity index (χ0n) is 24.4. The van der Waals surface area contributed by atoms with Gasteiger partial charge in [0.2, 0.25) is 0 Å². The van der Waals surface area contributed by atoms with E-state index in [1.165, 1.54) is 12.1 Å². The number of aliphatic hydroxyl groups excluding tert-OH is 2. The summed E-state index contributed by atoms with van der Waals surface area (Å²) in [5.41, 5.74) is 5.24. The van der Waals surface area contributed by atoms with Gasteiger partial charge in [0.25, 0.3) is 5.91 Å². The molecule has 2 heterocycles. The van der Waals surface area contributed by atoms with E-state index in [9.17, 15) is 24.2 Å². The number of amides is 1. The third kappa shape index (κ3) is 8.15. The lowest BCUT2D eigenvalue weighted by Gasteiger charge is -2.20. The molecule has 2 unspecified atom stereocenters. The summed E-state index contributed by atoms with van der Waals surface area (Å²) >= 11 is 0. The summed E-state index contributed by atoms with van der Waals surface area (Å²) in [7, 11) is 0. The average Bonchev–Trinajstić information content (AvgIpc) is 3.32. The van der Waals surface area contributed by atoms with Crippen molar-refractivity contribution in [1.82, 2.24) is 14.9 Å². The molecule has 2 aromatic heterocycles. The van der Waals surface area contributed by atoms with Gasteiger partial charge in [0.1, 0.15) is 11.5 Å². The standard InChI is InChI=1S/C34H38FN3O5/c1-22(2)38-29(15-14-27(39)19-28(40)20-30(41)42)31(25-10-12-26(35)13-11-25)32(24-8-4-3-5-9-24)33(38)34(43)37-18-16-23-7-6-17-36-21-23/h3-13,17,21-22,27-28,39-40H,14-16,18-20H2,1-2H3,(H,37,43)(H,41,42). The van der Waals surface area contributed by atoms with Gasteiger partial charge in [0, 0.05) is 41.8 Å². The molecular weight excluding hydrogens is 549 g/mol. The molecule has 0 aliphatic rings. The van der Waals surface area contributed by atoms with Crippen LogP contribution in [0.3, 0.4) is 0 Å². The van der Waals surface area contributed by atoms with Gasteiger partial charge >= 0.3 is 5.97 Å². The van der Waals surface area contributed by atoms with Crippen molar-refractivity contribution in [2.45, 2.75) is 64.2 Å². The minimum atomic E-state index is -1.18. The molecule has 0 aliphatic heterocycles. The number of nitrogens with zero attached hydrogens (tertiary/aromatic N) is 2. The van der Waals surface area contributed by atoms with Crippen LogP contribution in [-0.4, -0.2) is 55.5 Å². The smallest absolute Gasteiger partial charge is 0.305 e. The van der Waals surface area contributed by atoms with Gasteiger partial charge in [-0.2, -0.15) is 0 Å². The Morgan fingerprint density at radius 3 is 2.23 bits per heavy atom. The van der Waals surface area contributed by atoms with Crippen LogP contribution in [-0.2, 0) is 17.6 Å². The van der Waals surface area contributed by atoms with E-state index in [1.807, 2.05) is 60.9 Å². The first-order chi connectivity index (χ1) is 20.7. The van der Waals surface area contributed by atoms with Gasteiger partial charge in [-0.25, -0.2) is 4.39 Å². The SMILES string of the molecule is CC(C)n1c(CCC(O)CC(O)CC(=O)O)c(-c2ccc(F)cc2)c(-c2ccccc2)c1C(=O)NCCc1cccnc1. The number of carbonyl (C=O) groups excluding carboxylic acids is 1. The van der Waals surface area contributed by atoms with Crippen LogP contribution >= 0.6 is 0 Å². The molecule has 0 aliphatic carbocycles. The molecule has 4 rings (SSSR count). The number of aliphatic hydroxyl groups is 2. The highest BCUT2D eigenvalue weighted by Crippen LogP contribution is 2.42. The minimum absolute atomic E-state index is 0.0895. The third-order valence-electron chi connectivity index (χ3n) is 7.32. The summed E-state index contributed by atoms with van der Waals surface area (Å²) < 4.78 is 16.0. The third-order valence-corrected chi connectivity index (χ3v) is 7.32. The molecule has 4 N–H and O–H groups in total. The lowest BCUT2D eigenvalue weighted by Crippen LogP contribution is -2.29. The molecule has 2 atom stereocenters. The molecule has 0 fully saturated rings. The number of rotatable bonds is 14. The van der Waals surface area contributed by atoms with Crippen molar-refractivity contribution in [3.05, 3.63) is 102 Å². The van der Waals surface area contributed by atoms with Crippen LogP contribution in [0, 0.1) is 5.82 Å². The molecule has 1 amide bonds. The highest BCUT2D eigenvalue weighted by Gasteiger charge is 2.30. The number of aromatic nitrogens is 2. The fourth-order valence-electron chi connectivity index (χ4n) is 5.46. The zero-order chi connectivity index (χ0) is 30.9. The fourth-order valence-corrected chi connectivity index (χ4v) is 5.46. The highest BCUT2D eigenvalue weighted by molar-refractivity contribution is 6.05. The van der Waals surface area contributed by atoms with Gasteiger partial charge in [0.15, 0.2) is 0 Å². The van der Waals surface area contributed by atoms with Crippen molar-refractivity contribution in [2.24, 2.45) is 0 Å². The van der Waals surface area contributed by atoms with Crippen molar-refractivity contribution in [2.75, 3.05) is 6.54 Å². The van der Waals surface area contributed by atoms with Crippen LogP contribution in [0.25, 0.3) is 22.3 Å². The maximum atomic E-state index is 14.0. The molecule has 43 heavy (non-hydrogen) atoms. The molecule has 9 heteroatoms. The van der Waals surface area contributed by atoms with E-state index < -0.39 is 24.6 Å². The molecule has 0 spiro atoms. The Hall–Kier alpha value is -4.34. The number of nitrogens with one attached hydrogen (secondary N) is 1. The first-order valence-corrected chi connectivity index (χ1v) is 14.5. The molecule has 2 aromatic carbocycles. The Kier molecular flexibility index (Phi) is 10.8. The van der Waals surface area contributed by atoms with E-state index in [-0.39, 0.29) is 30.6 Å². The second-order valence-electron chi connectivity index (χ2n) is 10.9. The van der Waals surface area contributed by atoms with Crippen LogP contribution in [0.5, 0.6) is 0 Å². The Morgan fingerprint density at radius 1 is 0.907 bits per heavy atom. The summed E-state index contributed by atoms with van der Waals surface area (Å²) in [4.78, 5) is 29.2. The van der Waals surface area contributed by atoms with E-state index in [0.717, 1.165) is 27.9 Å². The lowest BCUT2D eigenvalue weighted by atomic mass is 9.92. The number of benzene rings is 2. The molecule has 0 saturated carbocycles. The maximum Gasteiger partial charge on any atom is 0.305 e. The summed E-state index contributed by atoms with van der Waals surface area (Å²) in [6.07, 6.45) is 1.92. The maximum absolute atomic E-state index is 14.0. The largest absolute Gasteiger partial charge is 0.481 e. The Bertz CT molecular complexity index is 1500. The highest BCUT2D eigenvalue weighted by atomic mass is 19.1. The van der Waals surface area contributed by atoms with E-state index in [0.29, 0.717) is 30.6 Å². The quantitative estimate of drug-likeness (QED) is 0.156. The monoisotopic (exact) mass is 587 g/mol. The van der Waals surface area contributed by atoms with Crippen LogP contribution in [0.15, 0.2) is 79.1 Å². The first kappa shape index (κ1) is 31.6. The molecule has 4 aromatic rings. The van der Waals surface area contributed by atoms with Crippen molar-refractivity contribution < 1.29 is 29.3 Å². The minimum Gasteiger partial charge on any atom is -0.481 e. The van der Waals surface area contributed by atoms with Crippen molar-refractivity contribution in [1.29, 1.82) is 0 Å². The van der Waals surface area contributed by atoms with Crippen molar-refractivity contribution >= 4 is 11.9 Å². The number of carboxylic acid groups (broad SMARTS) is 1. The summed E-state index contributed by atoms with van der Waals surface area (Å²) in [5, 5.41) is 32.9. The fraction of sp³-hybridized carbons (Fsp3) is 0.324. The van der Waals surface area contributed by atoms with E-state index in [4.69, 9.17) is 5.11 Å². The molecule has 0 radical (unpaired) electrons. The predicted molar refractivity (Wildman–Crippen MR) is 163 cm³/mol. The first-order valence-electron chi connectivity index (χ1n) is 14.5. The Balaban J connectivity index is 1.81. The van der Waals surface area contributed by atoms with Gasteiger partial charge in [-0.15, -0.1) is 0 Å². The van der Waals surface area contributed by atoms with E-state index in [1.54, 1.807) is 24.5 Å². The molecule has 8 nitrogen and oxygen atoms in total. The number of hydrogen-bond acceptors (Lipinski definition) is 5. The number of pyridine rings is 1. The zero-order valence-corrected chi connectivity index (χ0v) is 24.4. The predicted octanol–water partition coefficient (Wildman–Crippen LogP) is 5.43. The normalized spacial score (nSPS) is 12.7. The molecule has 0 saturated heterocycles. The number of aliphatic carboxylic acids is 1. The molecular formula is C34H38FN3O5. The van der Waals surface area contributed by atoms with Crippen LogP contribution < -0.4 is 5.32 Å². The molecule has 226 valence electrons. The van der Waals surface area contributed by atoms with Gasteiger partial charge < -0.3 is 25.2 Å². The van der Waals surface area contributed by atoms with Crippen molar-refractivity contribution in [3.8, 4) is 22.3 Å². The van der Waals surface area contributed by atoms with Crippen LogP contribution in [0.1, 0.15) is 60.9 Å². The van der Waals surface area contributed by atoms with Gasteiger partial charge in [0.05, 0.1) is 18.6 Å². The Morgan fingerprint density at radius 2 is 1.60 bits per heavy atom. The van der Waals surface area contributed by atoms with Gasteiger partial charge in [-0.1, -0.05) is 48.5 Å². The molecule has 0 bridgehead atoms. The Labute approximate surface area is 250 Å². The second-order valence-corrected chi connectivity index (χ2v) is 10.9. The number of halogens is 1. The number of carbonyl (C=O) groups is 2. The summed E-state index contributed by atoms with van der Waals surface area (Å²) in [6, 6.07) is 19.3. The average molecular weight is 588 g/mol. The van der Waals surface area contributed by atoms with Crippen molar-refractivity contribution in [3.63, 3.8) is 0 Å².